The van der Waals surface area contributed by atoms with E-state index in [1.165, 1.54) is 0 Å². The average Bonchev–Trinajstić information content (AvgIpc) is 2.08. The number of halogens is 1. The van der Waals surface area contributed by atoms with Crippen molar-refractivity contribution in [3.8, 4) is 0 Å². The molecule has 1 nitrogen and oxygen atoms in total. The number of rotatable bonds is 2. The molecule has 0 fully saturated rings. The smallest absolute Gasteiger partial charge is 0.0438 e. The molecule has 1 aromatic carbocycles. The summed E-state index contributed by atoms with van der Waals surface area (Å²) in [5.74, 6) is 0.442. The van der Waals surface area contributed by atoms with Crippen molar-refractivity contribution >= 4 is 11.6 Å². The lowest BCUT2D eigenvalue weighted by Crippen LogP contribution is -2.17. The number of benzene rings is 1. The van der Waals surface area contributed by atoms with Gasteiger partial charge in [-0.2, -0.15) is 0 Å². The quantitative estimate of drug-likeness (QED) is 0.774. The first-order chi connectivity index (χ1) is 6.04. The maximum atomic E-state index is 6.05. The van der Waals surface area contributed by atoms with Gasteiger partial charge in [-0.1, -0.05) is 37.6 Å². The lowest BCUT2D eigenvalue weighted by Gasteiger charge is -2.18. The Morgan fingerprint density at radius 3 is 2.46 bits per heavy atom. The summed E-state index contributed by atoms with van der Waals surface area (Å²) in [6.07, 6.45) is 0. The third kappa shape index (κ3) is 2.23. The van der Waals surface area contributed by atoms with E-state index >= 15 is 0 Å². The Hall–Kier alpha value is -0.530. The summed E-state index contributed by atoms with van der Waals surface area (Å²) in [5, 5.41) is 0.800. The lowest BCUT2D eigenvalue weighted by atomic mass is 9.94. The molecule has 0 aromatic heterocycles. The van der Waals surface area contributed by atoms with Crippen molar-refractivity contribution in [3.05, 3.63) is 34.3 Å². The molecule has 0 saturated carbocycles. The zero-order valence-corrected chi connectivity index (χ0v) is 9.10. The molecule has 0 heterocycles. The van der Waals surface area contributed by atoms with Crippen LogP contribution in [0.15, 0.2) is 18.2 Å². The molecule has 0 aliphatic carbocycles. The van der Waals surface area contributed by atoms with Gasteiger partial charge in [0.05, 0.1) is 0 Å². The predicted molar refractivity (Wildman–Crippen MR) is 58.0 cm³/mol. The third-order valence-electron chi connectivity index (χ3n) is 2.39. The monoisotopic (exact) mass is 197 g/mol. The van der Waals surface area contributed by atoms with Crippen LogP contribution in [0.2, 0.25) is 5.02 Å². The van der Waals surface area contributed by atoms with Crippen LogP contribution in [0.4, 0.5) is 0 Å². The molecule has 1 rings (SSSR count). The van der Waals surface area contributed by atoms with Gasteiger partial charge in [-0.3, -0.25) is 0 Å². The van der Waals surface area contributed by atoms with Crippen molar-refractivity contribution in [1.82, 2.24) is 0 Å². The second-order valence-electron chi connectivity index (χ2n) is 3.72. The topological polar surface area (TPSA) is 26.0 Å². The molecule has 0 aliphatic rings. The first-order valence-corrected chi connectivity index (χ1v) is 4.92. The van der Waals surface area contributed by atoms with Crippen LogP contribution in [0.1, 0.15) is 31.0 Å². The van der Waals surface area contributed by atoms with Gasteiger partial charge in [-0.05, 0) is 30.0 Å². The summed E-state index contributed by atoms with van der Waals surface area (Å²) in [7, 11) is 0. The minimum atomic E-state index is 0.0821. The number of nitrogens with two attached hydrogens (primary N) is 1. The largest absolute Gasteiger partial charge is 0.324 e. The summed E-state index contributed by atoms with van der Waals surface area (Å²) in [6.45, 7) is 6.25. The Bertz CT molecular complexity index is 294. The lowest BCUT2D eigenvalue weighted by molar-refractivity contribution is 0.512. The summed E-state index contributed by atoms with van der Waals surface area (Å²) in [4.78, 5) is 0. The van der Waals surface area contributed by atoms with Crippen LogP contribution in [-0.4, -0.2) is 0 Å². The Kier molecular flexibility index (Phi) is 3.34. The van der Waals surface area contributed by atoms with Crippen molar-refractivity contribution in [1.29, 1.82) is 0 Å². The summed E-state index contributed by atoms with van der Waals surface area (Å²) in [6, 6.07) is 5.98. The van der Waals surface area contributed by atoms with Crippen LogP contribution in [0.3, 0.4) is 0 Å². The van der Waals surface area contributed by atoms with Gasteiger partial charge in [0, 0.05) is 11.1 Å². The summed E-state index contributed by atoms with van der Waals surface area (Å²) in [5.41, 5.74) is 8.31. The Morgan fingerprint density at radius 1 is 1.31 bits per heavy atom. The molecule has 0 aliphatic heterocycles. The number of hydrogen-bond donors (Lipinski definition) is 1. The highest BCUT2D eigenvalue weighted by Crippen LogP contribution is 2.26. The highest BCUT2D eigenvalue weighted by molar-refractivity contribution is 6.31. The third-order valence-corrected chi connectivity index (χ3v) is 2.80. The van der Waals surface area contributed by atoms with Gasteiger partial charge in [0.15, 0.2) is 0 Å². The SMILES string of the molecule is Cc1c(Cl)cccc1[C@H](N)C(C)C. The zero-order chi connectivity index (χ0) is 10.0. The fourth-order valence-electron chi connectivity index (χ4n) is 1.34. The average molecular weight is 198 g/mol. The van der Waals surface area contributed by atoms with Crippen LogP contribution in [0, 0.1) is 12.8 Å². The fourth-order valence-corrected chi connectivity index (χ4v) is 1.53. The van der Waals surface area contributed by atoms with E-state index in [0.717, 1.165) is 16.1 Å². The molecule has 1 aromatic rings. The van der Waals surface area contributed by atoms with Crippen molar-refractivity contribution in [2.24, 2.45) is 11.7 Å². The minimum absolute atomic E-state index is 0.0821. The molecule has 0 unspecified atom stereocenters. The maximum absolute atomic E-state index is 6.05. The predicted octanol–water partition coefficient (Wildman–Crippen LogP) is 3.30. The normalized spacial score (nSPS) is 13.4. The molecule has 0 amide bonds. The van der Waals surface area contributed by atoms with Crippen molar-refractivity contribution in [2.45, 2.75) is 26.8 Å². The van der Waals surface area contributed by atoms with Crippen molar-refractivity contribution in [3.63, 3.8) is 0 Å². The van der Waals surface area contributed by atoms with E-state index in [1.54, 1.807) is 0 Å². The molecule has 2 N–H and O–H groups in total. The molecule has 0 bridgehead atoms. The van der Waals surface area contributed by atoms with E-state index in [9.17, 15) is 0 Å². The van der Waals surface area contributed by atoms with E-state index in [4.69, 9.17) is 17.3 Å². The summed E-state index contributed by atoms with van der Waals surface area (Å²) < 4.78 is 0. The Labute approximate surface area is 84.9 Å². The molecule has 2 heteroatoms. The van der Waals surface area contributed by atoms with E-state index in [-0.39, 0.29) is 6.04 Å². The van der Waals surface area contributed by atoms with E-state index < -0.39 is 0 Å². The molecular formula is C11H16ClN. The molecule has 1 atom stereocenters. The van der Waals surface area contributed by atoms with E-state index in [0.29, 0.717) is 5.92 Å². The highest BCUT2D eigenvalue weighted by Gasteiger charge is 2.13. The fraction of sp³-hybridized carbons (Fsp3) is 0.455. The van der Waals surface area contributed by atoms with Crippen LogP contribution in [-0.2, 0) is 0 Å². The first kappa shape index (κ1) is 10.6. The standard InChI is InChI=1S/C11H16ClN/c1-7(2)11(13)9-5-4-6-10(12)8(9)3/h4-7,11H,13H2,1-3H3/t11-/m1/s1. The maximum Gasteiger partial charge on any atom is 0.0438 e. The van der Waals surface area contributed by atoms with Gasteiger partial charge < -0.3 is 5.73 Å². The molecule has 0 spiro atoms. The molecule has 72 valence electrons. The molecule has 0 radical (unpaired) electrons. The second-order valence-corrected chi connectivity index (χ2v) is 4.13. The van der Waals surface area contributed by atoms with Crippen LogP contribution >= 0.6 is 11.6 Å². The van der Waals surface area contributed by atoms with Gasteiger partial charge in [0.25, 0.3) is 0 Å². The van der Waals surface area contributed by atoms with Gasteiger partial charge in [0.2, 0.25) is 0 Å². The Morgan fingerprint density at radius 2 is 1.92 bits per heavy atom. The van der Waals surface area contributed by atoms with Crippen molar-refractivity contribution < 1.29 is 0 Å². The van der Waals surface area contributed by atoms with Gasteiger partial charge in [0.1, 0.15) is 0 Å². The van der Waals surface area contributed by atoms with E-state index in [1.807, 2.05) is 25.1 Å². The van der Waals surface area contributed by atoms with Crippen LogP contribution in [0.5, 0.6) is 0 Å². The molecule has 0 saturated heterocycles. The molecule has 13 heavy (non-hydrogen) atoms. The van der Waals surface area contributed by atoms with Crippen LogP contribution in [0.25, 0.3) is 0 Å². The van der Waals surface area contributed by atoms with Crippen molar-refractivity contribution in [2.75, 3.05) is 0 Å². The Balaban J connectivity index is 3.07. The van der Waals surface area contributed by atoms with Gasteiger partial charge in [-0.25, -0.2) is 0 Å². The van der Waals surface area contributed by atoms with Gasteiger partial charge in [-0.15, -0.1) is 0 Å². The summed E-state index contributed by atoms with van der Waals surface area (Å²) >= 11 is 6.01. The zero-order valence-electron chi connectivity index (χ0n) is 8.34. The van der Waals surface area contributed by atoms with Crippen LogP contribution < -0.4 is 5.73 Å². The minimum Gasteiger partial charge on any atom is -0.324 e. The molecular weight excluding hydrogens is 182 g/mol. The van der Waals surface area contributed by atoms with E-state index in [2.05, 4.69) is 13.8 Å². The second kappa shape index (κ2) is 4.12. The number of hydrogen-bond acceptors (Lipinski definition) is 1. The highest BCUT2D eigenvalue weighted by atomic mass is 35.5. The first-order valence-electron chi connectivity index (χ1n) is 4.54. The van der Waals surface area contributed by atoms with Gasteiger partial charge >= 0.3 is 0 Å².